The molecule has 2 unspecified atom stereocenters. The van der Waals surface area contributed by atoms with Crippen molar-refractivity contribution in [2.45, 2.75) is 25.5 Å². The zero-order chi connectivity index (χ0) is 10.8. The van der Waals surface area contributed by atoms with Crippen LogP contribution in [0.3, 0.4) is 0 Å². The molecule has 0 radical (unpaired) electrons. The maximum atomic E-state index is 5.78. The largest absolute Gasteiger partial charge is 0.381 e. The number of nitrogen functional groups attached to an aromatic ring is 1. The van der Waals surface area contributed by atoms with Gasteiger partial charge in [-0.2, -0.15) is 0 Å². The molecule has 1 aromatic rings. The van der Waals surface area contributed by atoms with E-state index >= 15 is 0 Å². The molecule has 82 valence electrons. The third kappa shape index (κ3) is 1.87. The number of nitrogens with two attached hydrogens (primary N) is 1. The summed E-state index contributed by atoms with van der Waals surface area (Å²) in [5.74, 6) is 1.21. The van der Waals surface area contributed by atoms with Gasteiger partial charge < -0.3 is 15.4 Å². The normalized spacial score (nSPS) is 25.5. The second-order valence-corrected chi connectivity index (χ2v) is 3.81. The second-order valence-electron chi connectivity index (χ2n) is 3.81. The van der Waals surface area contributed by atoms with Gasteiger partial charge in [-0.1, -0.05) is 0 Å². The first-order chi connectivity index (χ1) is 7.20. The smallest absolute Gasteiger partial charge is 0.171 e. The van der Waals surface area contributed by atoms with Crippen LogP contribution in [0.5, 0.6) is 0 Å². The van der Waals surface area contributed by atoms with E-state index in [1.165, 1.54) is 0 Å². The van der Waals surface area contributed by atoms with Gasteiger partial charge in [0.25, 0.3) is 0 Å². The monoisotopic (exact) mass is 208 g/mol. The Balaban J connectivity index is 2.20. The van der Waals surface area contributed by atoms with Crippen LogP contribution < -0.4 is 10.6 Å². The Morgan fingerprint density at radius 3 is 2.80 bits per heavy atom. The van der Waals surface area contributed by atoms with Crippen LogP contribution in [0.1, 0.15) is 13.3 Å². The van der Waals surface area contributed by atoms with Gasteiger partial charge in [0.1, 0.15) is 0 Å². The number of nitrogens with zero attached hydrogens (tertiary/aromatic N) is 3. The molecule has 0 saturated carbocycles. The summed E-state index contributed by atoms with van der Waals surface area (Å²) >= 11 is 0. The third-order valence-electron chi connectivity index (χ3n) is 2.87. The van der Waals surface area contributed by atoms with Gasteiger partial charge in [-0.15, -0.1) is 0 Å². The van der Waals surface area contributed by atoms with Gasteiger partial charge in [0, 0.05) is 26.0 Å². The van der Waals surface area contributed by atoms with E-state index in [1.807, 2.05) is 7.05 Å². The van der Waals surface area contributed by atoms with E-state index in [2.05, 4.69) is 21.8 Å². The highest BCUT2D eigenvalue weighted by atomic mass is 16.5. The Hall–Kier alpha value is -1.36. The van der Waals surface area contributed by atoms with Gasteiger partial charge in [-0.25, -0.2) is 9.97 Å². The average Bonchev–Trinajstić information content (AvgIpc) is 2.64. The van der Waals surface area contributed by atoms with E-state index in [9.17, 15) is 0 Å². The van der Waals surface area contributed by atoms with Crippen molar-refractivity contribution in [2.75, 3.05) is 24.3 Å². The maximum Gasteiger partial charge on any atom is 0.171 e. The van der Waals surface area contributed by atoms with Crippen molar-refractivity contribution in [2.24, 2.45) is 0 Å². The summed E-state index contributed by atoms with van der Waals surface area (Å²) < 4.78 is 5.52. The molecule has 1 aromatic heterocycles. The molecule has 0 aliphatic carbocycles. The predicted octanol–water partition coefficient (Wildman–Crippen LogP) is 0.672. The van der Waals surface area contributed by atoms with E-state index in [4.69, 9.17) is 10.5 Å². The number of hydrogen-bond acceptors (Lipinski definition) is 5. The highest BCUT2D eigenvalue weighted by Crippen LogP contribution is 2.25. The standard InChI is InChI=1S/C10H16N4O/c1-7-8(3-6-15-7)14(2)10-9(11)12-4-5-13-10/h4-5,7-8H,3,6H2,1-2H3,(H2,11,12). The van der Waals surface area contributed by atoms with Crippen LogP contribution in [0.25, 0.3) is 0 Å². The minimum atomic E-state index is 0.219. The van der Waals surface area contributed by atoms with Crippen molar-refractivity contribution in [1.29, 1.82) is 0 Å². The van der Waals surface area contributed by atoms with Crippen LogP contribution in [0.2, 0.25) is 0 Å². The lowest BCUT2D eigenvalue weighted by Crippen LogP contribution is -2.37. The van der Waals surface area contributed by atoms with Gasteiger partial charge in [-0.05, 0) is 13.3 Å². The molecule has 0 aromatic carbocycles. The Kier molecular flexibility index (Phi) is 2.73. The maximum absolute atomic E-state index is 5.78. The van der Waals surface area contributed by atoms with Crippen LogP contribution in [-0.4, -0.2) is 35.8 Å². The Bertz CT molecular complexity index is 344. The lowest BCUT2D eigenvalue weighted by Gasteiger charge is -2.27. The molecule has 2 rings (SSSR count). The van der Waals surface area contributed by atoms with Gasteiger partial charge >= 0.3 is 0 Å². The van der Waals surface area contributed by atoms with Crippen LogP contribution in [0, 0.1) is 0 Å². The predicted molar refractivity (Wildman–Crippen MR) is 58.7 cm³/mol. The van der Waals surface area contributed by atoms with Crippen molar-refractivity contribution in [3.63, 3.8) is 0 Å². The molecule has 0 spiro atoms. The first-order valence-electron chi connectivity index (χ1n) is 5.11. The molecule has 0 amide bonds. The molecule has 2 N–H and O–H groups in total. The summed E-state index contributed by atoms with van der Waals surface area (Å²) in [5, 5.41) is 0. The van der Waals surface area contributed by atoms with Gasteiger partial charge in [-0.3, -0.25) is 0 Å². The number of anilines is 2. The van der Waals surface area contributed by atoms with Gasteiger partial charge in [0.2, 0.25) is 0 Å². The molecule has 1 aliphatic heterocycles. The van der Waals surface area contributed by atoms with Crippen molar-refractivity contribution in [3.8, 4) is 0 Å². The van der Waals surface area contributed by atoms with E-state index in [1.54, 1.807) is 12.4 Å². The summed E-state index contributed by atoms with van der Waals surface area (Å²) in [5.41, 5.74) is 5.78. The molecule has 1 fully saturated rings. The zero-order valence-electron chi connectivity index (χ0n) is 9.05. The van der Waals surface area contributed by atoms with E-state index in [-0.39, 0.29) is 6.10 Å². The quantitative estimate of drug-likeness (QED) is 0.774. The number of aromatic nitrogens is 2. The summed E-state index contributed by atoms with van der Waals surface area (Å²) in [4.78, 5) is 10.3. The molecule has 1 aliphatic rings. The summed E-state index contributed by atoms with van der Waals surface area (Å²) in [6.07, 6.45) is 4.48. The lowest BCUT2D eigenvalue weighted by molar-refractivity contribution is 0.118. The molecule has 2 atom stereocenters. The Morgan fingerprint density at radius 1 is 1.47 bits per heavy atom. The van der Waals surface area contributed by atoms with Crippen LogP contribution in [0.4, 0.5) is 11.6 Å². The summed E-state index contributed by atoms with van der Waals surface area (Å²) in [7, 11) is 1.98. The summed E-state index contributed by atoms with van der Waals surface area (Å²) in [6.45, 7) is 2.87. The van der Waals surface area contributed by atoms with Gasteiger partial charge in [0.05, 0.1) is 12.1 Å². The van der Waals surface area contributed by atoms with Crippen LogP contribution in [-0.2, 0) is 4.74 Å². The van der Waals surface area contributed by atoms with Crippen molar-refractivity contribution >= 4 is 11.6 Å². The fourth-order valence-corrected chi connectivity index (χ4v) is 2.00. The fraction of sp³-hybridized carbons (Fsp3) is 0.600. The molecule has 5 nitrogen and oxygen atoms in total. The minimum Gasteiger partial charge on any atom is -0.381 e. The number of ether oxygens (including phenoxy) is 1. The second kappa shape index (κ2) is 4.02. The Morgan fingerprint density at radius 2 is 2.20 bits per heavy atom. The van der Waals surface area contributed by atoms with Crippen LogP contribution in [0.15, 0.2) is 12.4 Å². The summed E-state index contributed by atoms with van der Waals surface area (Å²) in [6, 6.07) is 0.337. The number of hydrogen-bond donors (Lipinski definition) is 1. The SMILES string of the molecule is CC1OCCC1N(C)c1nccnc1N. The molecule has 1 saturated heterocycles. The highest BCUT2D eigenvalue weighted by molar-refractivity contribution is 5.57. The number of likely N-dealkylation sites (N-methyl/N-ethyl adjacent to an activating group) is 1. The van der Waals surface area contributed by atoms with Crippen LogP contribution >= 0.6 is 0 Å². The molecule has 15 heavy (non-hydrogen) atoms. The molecule has 0 bridgehead atoms. The molecular weight excluding hydrogens is 192 g/mol. The first-order valence-corrected chi connectivity index (χ1v) is 5.11. The van der Waals surface area contributed by atoms with E-state index < -0.39 is 0 Å². The average molecular weight is 208 g/mol. The van der Waals surface area contributed by atoms with E-state index in [0.717, 1.165) is 18.8 Å². The Labute approximate surface area is 89.3 Å². The first kappa shape index (κ1) is 10.2. The minimum absolute atomic E-state index is 0.219. The third-order valence-corrected chi connectivity index (χ3v) is 2.87. The fourth-order valence-electron chi connectivity index (χ4n) is 2.00. The lowest BCUT2D eigenvalue weighted by atomic mass is 10.1. The van der Waals surface area contributed by atoms with Crippen molar-refractivity contribution in [3.05, 3.63) is 12.4 Å². The number of rotatable bonds is 2. The molecule has 5 heteroatoms. The van der Waals surface area contributed by atoms with Crippen molar-refractivity contribution in [1.82, 2.24) is 9.97 Å². The highest BCUT2D eigenvalue weighted by Gasteiger charge is 2.29. The molecule has 2 heterocycles. The van der Waals surface area contributed by atoms with Crippen molar-refractivity contribution < 1.29 is 4.74 Å². The zero-order valence-corrected chi connectivity index (χ0v) is 9.05. The van der Waals surface area contributed by atoms with Gasteiger partial charge in [0.15, 0.2) is 11.6 Å². The topological polar surface area (TPSA) is 64.3 Å². The van der Waals surface area contributed by atoms with E-state index in [0.29, 0.717) is 11.9 Å². The molecular formula is C10H16N4O.